The van der Waals surface area contributed by atoms with Gasteiger partial charge >= 0.3 is 5.97 Å². The number of methoxy groups -OCH3 is 1. The molecule has 0 saturated carbocycles. The molecule has 2 aromatic rings. The van der Waals surface area contributed by atoms with Crippen LogP contribution < -0.4 is 4.74 Å². The number of ether oxygens (including phenoxy) is 2. The summed E-state index contributed by atoms with van der Waals surface area (Å²) in [5.74, 6) is -0.649. The van der Waals surface area contributed by atoms with E-state index in [1.165, 1.54) is 53.9 Å². The van der Waals surface area contributed by atoms with Gasteiger partial charge in [0.2, 0.25) is 15.9 Å². The van der Waals surface area contributed by atoms with Crippen molar-refractivity contribution >= 4 is 33.5 Å². The molecule has 0 aromatic heterocycles. The summed E-state index contributed by atoms with van der Waals surface area (Å²) in [7, 11) is -2.50. The lowest BCUT2D eigenvalue weighted by atomic mass is 9.86. The first-order valence-electron chi connectivity index (χ1n) is 11.5. The Morgan fingerprint density at radius 1 is 1.06 bits per heavy atom. The van der Waals surface area contributed by atoms with Crippen molar-refractivity contribution in [3.63, 3.8) is 0 Å². The molecule has 1 aliphatic heterocycles. The molecule has 0 unspecified atom stereocenters. The van der Waals surface area contributed by atoms with Crippen molar-refractivity contribution in [2.24, 2.45) is 5.41 Å². The van der Waals surface area contributed by atoms with E-state index in [2.05, 4.69) is 4.74 Å². The minimum atomic E-state index is -3.75. The number of carbonyl (C=O) groups excluding carboxylic acids is 2. The maximum absolute atomic E-state index is 13.2. The first kappa shape index (κ1) is 27.9. The topological polar surface area (TPSA) is 93.2 Å². The molecule has 1 aliphatic rings. The molecule has 36 heavy (non-hydrogen) atoms. The lowest BCUT2D eigenvalue weighted by Gasteiger charge is -2.38. The van der Waals surface area contributed by atoms with Crippen LogP contribution >= 0.6 is 11.6 Å². The summed E-state index contributed by atoms with van der Waals surface area (Å²) in [5.41, 5.74) is -0.402. The van der Waals surface area contributed by atoms with Crippen LogP contribution in [0.4, 0.5) is 4.39 Å². The van der Waals surface area contributed by atoms with E-state index in [-0.39, 0.29) is 47.6 Å². The number of carbonyl (C=O) groups is 2. The van der Waals surface area contributed by atoms with Gasteiger partial charge in [-0.25, -0.2) is 17.6 Å². The number of sulfonamides is 1. The molecule has 1 amide bonds. The minimum Gasteiger partial charge on any atom is -0.492 e. The summed E-state index contributed by atoms with van der Waals surface area (Å²) < 4.78 is 50.8. The third-order valence-electron chi connectivity index (χ3n) is 6.12. The van der Waals surface area contributed by atoms with Gasteiger partial charge in [0.15, 0.2) is 0 Å². The number of hydrogen-bond donors (Lipinski definition) is 0. The molecule has 1 saturated heterocycles. The normalized spacial score (nSPS) is 15.0. The predicted molar refractivity (Wildman–Crippen MR) is 133 cm³/mol. The van der Waals surface area contributed by atoms with E-state index in [9.17, 15) is 22.4 Å². The van der Waals surface area contributed by atoms with Crippen molar-refractivity contribution in [1.82, 2.24) is 9.21 Å². The Kier molecular flexibility index (Phi) is 8.97. The van der Waals surface area contributed by atoms with Gasteiger partial charge in [0.25, 0.3) is 0 Å². The first-order valence-corrected chi connectivity index (χ1v) is 13.3. The molecular weight excluding hydrogens is 511 g/mol. The molecule has 1 fully saturated rings. The fraction of sp³-hybridized carbons (Fsp3) is 0.440. The number of benzene rings is 2. The average molecular weight is 541 g/mol. The van der Waals surface area contributed by atoms with E-state index in [1.54, 1.807) is 4.90 Å². The third kappa shape index (κ3) is 6.54. The molecule has 0 radical (unpaired) electrons. The van der Waals surface area contributed by atoms with Gasteiger partial charge in [-0.2, -0.15) is 4.31 Å². The molecule has 0 spiro atoms. The fourth-order valence-corrected chi connectivity index (χ4v) is 5.63. The summed E-state index contributed by atoms with van der Waals surface area (Å²) >= 11 is 5.97. The Hall–Kier alpha value is -2.69. The Balaban J connectivity index is 1.51. The van der Waals surface area contributed by atoms with Crippen LogP contribution in [0.15, 0.2) is 47.4 Å². The fourth-order valence-electron chi connectivity index (χ4n) is 3.98. The number of amides is 1. The maximum Gasteiger partial charge on any atom is 0.337 e. The molecule has 3 rings (SSSR count). The van der Waals surface area contributed by atoms with Crippen LogP contribution in [0.3, 0.4) is 0 Å². The molecule has 0 atom stereocenters. The Morgan fingerprint density at radius 3 is 2.28 bits per heavy atom. The molecule has 0 N–H and O–H groups in total. The van der Waals surface area contributed by atoms with Gasteiger partial charge in [0.05, 0.1) is 29.2 Å². The second-order valence-electron chi connectivity index (χ2n) is 9.12. The highest BCUT2D eigenvalue weighted by atomic mass is 35.5. The predicted octanol–water partition coefficient (Wildman–Crippen LogP) is 3.98. The summed E-state index contributed by atoms with van der Waals surface area (Å²) in [6.07, 6.45) is 1.14. The summed E-state index contributed by atoms with van der Waals surface area (Å²) in [6, 6.07) is 9.50. The average Bonchev–Trinajstić information content (AvgIpc) is 2.86. The largest absolute Gasteiger partial charge is 0.492 e. The van der Waals surface area contributed by atoms with Crippen LogP contribution in [0.25, 0.3) is 0 Å². The molecule has 1 heterocycles. The van der Waals surface area contributed by atoms with Crippen LogP contribution in [-0.4, -0.2) is 69.4 Å². The molecule has 11 heteroatoms. The summed E-state index contributed by atoms with van der Waals surface area (Å²) in [6.45, 7) is 4.94. The molecule has 196 valence electrons. The molecular formula is C25H30ClFN2O6S. The second-order valence-corrected chi connectivity index (χ2v) is 11.5. The minimum absolute atomic E-state index is 0.0539. The highest BCUT2D eigenvalue weighted by molar-refractivity contribution is 7.89. The van der Waals surface area contributed by atoms with Crippen LogP contribution in [0.5, 0.6) is 5.75 Å². The zero-order valence-electron chi connectivity index (χ0n) is 20.5. The zero-order valence-corrected chi connectivity index (χ0v) is 22.1. The van der Waals surface area contributed by atoms with Crippen molar-refractivity contribution in [2.75, 3.05) is 39.9 Å². The summed E-state index contributed by atoms with van der Waals surface area (Å²) in [5, 5.41) is 0.192. The Labute approximate surface area is 216 Å². The van der Waals surface area contributed by atoms with Gasteiger partial charge in [0.1, 0.15) is 11.6 Å². The smallest absolute Gasteiger partial charge is 0.337 e. The third-order valence-corrected chi connectivity index (χ3v) is 8.32. The second kappa shape index (κ2) is 11.6. The SMILES string of the molecule is COC(=O)c1ccc(S(=O)(=O)N2CCN(C(=O)C(C)(C)CCCOc3ccc(F)cc3Cl)CC2)cc1. The summed E-state index contributed by atoms with van der Waals surface area (Å²) in [4.78, 5) is 26.5. The number of halogens is 2. The van der Waals surface area contributed by atoms with Gasteiger partial charge in [-0.1, -0.05) is 25.4 Å². The number of hydrogen-bond acceptors (Lipinski definition) is 6. The Morgan fingerprint density at radius 2 is 1.69 bits per heavy atom. The van der Waals surface area contributed by atoms with Crippen LogP contribution in [0, 0.1) is 11.2 Å². The molecule has 2 aromatic carbocycles. The van der Waals surface area contributed by atoms with Crippen LogP contribution in [0.1, 0.15) is 37.0 Å². The zero-order chi connectivity index (χ0) is 26.5. The number of nitrogens with zero attached hydrogens (tertiary/aromatic N) is 2. The van der Waals surface area contributed by atoms with E-state index < -0.39 is 27.2 Å². The van der Waals surface area contributed by atoms with Gasteiger partial charge in [0, 0.05) is 31.6 Å². The van der Waals surface area contributed by atoms with Crippen LogP contribution in [-0.2, 0) is 19.6 Å². The van der Waals surface area contributed by atoms with E-state index in [1.807, 2.05) is 13.8 Å². The number of esters is 1. The van der Waals surface area contributed by atoms with Crippen LogP contribution in [0.2, 0.25) is 5.02 Å². The quantitative estimate of drug-likeness (QED) is 0.353. The van der Waals surface area contributed by atoms with Gasteiger partial charge in [-0.3, -0.25) is 4.79 Å². The van der Waals surface area contributed by atoms with E-state index in [0.717, 1.165) is 0 Å². The van der Waals surface area contributed by atoms with Crippen molar-refractivity contribution in [3.8, 4) is 5.75 Å². The van der Waals surface area contributed by atoms with E-state index >= 15 is 0 Å². The Bertz CT molecular complexity index is 1200. The lowest BCUT2D eigenvalue weighted by Crippen LogP contribution is -2.53. The van der Waals surface area contributed by atoms with Crippen molar-refractivity contribution in [2.45, 2.75) is 31.6 Å². The molecule has 0 aliphatic carbocycles. The van der Waals surface area contributed by atoms with Gasteiger partial charge in [-0.15, -0.1) is 0 Å². The lowest BCUT2D eigenvalue weighted by molar-refractivity contribution is -0.142. The van der Waals surface area contributed by atoms with Gasteiger partial charge in [-0.05, 0) is 55.3 Å². The highest BCUT2D eigenvalue weighted by Crippen LogP contribution is 2.29. The number of piperazine rings is 1. The number of rotatable bonds is 9. The van der Waals surface area contributed by atoms with Crippen molar-refractivity contribution < 1.29 is 31.9 Å². The first-order chi connectivity index (χ1) is 17.0. The monoisotopic (exact) mass is 540 g/mol. The maximum atomic E-state index is 13.2. The molecule has 8 nitrogen and oxygen atoms in total. The van der Waals surface area contributed by atoms with E-state index in [0.29, 0.717) is 25.2 Å². The van der Waals surface area contributed by atoms with Crippen molar-refractivity contribution in [1.29, 1.82) is 0 Å². The molecule has 0 bridgehead atoms. The standard InChI is InChI=1S/C25H30ClFN2O6S/c1-25(2,11-4-16-35-22-10-7-19(27)17-21(22)26)24(31)28-12-14-29(15-13-28)36(32,33)20-8-5-18(6-9-20)23(30)34-3/h5-10,17H,4,11-16H2,1-3H3. The van der Waals surface area contributed by atoms with Crippen molar-refractivity contribution in [3.05, 3.63) is 58.9 Å². The van der Waals surface area contributed by atoms with E-state index in [4.69, 9.17) is 16.3 Å². The highest BCUT2D eigenvalue weighted by Gasteiger charge is 2.36. The van der Waals surface area contributed by atoms with Gasteiger partial charge < -0.3 is 14.4 Å².